The van der Waals surface area contributed by atoms with Crippen molar-refractivity contribution in [1.29, 1.82) is 0 Å². The zero-order valence-electron chi connectivity index (χ0n) is 29.1. The Bertz CT molecular complexity index is 1110. The van der Waals surface area contributed by atoms with E-state index in [0.717, 1.165) is 82.0 Å². The van der Waals surface area contributed by atoms with Gasteiger partial charge in [0.1, 0.15) is 0 Å². The van der Waals surface area contributed by atoms with Gasteiger partial charge in [-0.2, -0.15) is 0 Å². The Labute approximate surface area is 272 Å². The third-order valence-electron chi connectivity index (χ3n) is 8.36. The van der Waals surface area contributed by atoms with Gasteiger partial charge in [-0.05, 0) is 93.2 Å². The van der Waals surface area contributed by atoms with Gasteiger partial charge in [0.05, 0.1) is 22.8 Å². The van der Waals surface area contributed by atoms with Crippen LogP contribution in [0.15, 0.2) is 58.5 Å². The summed E-state index contributed by atoms with van der Waals surface area (Å²) in [6, 6.07) is 17.8. The number of hydrogen-bond donors (Lipinski definition) is 0. The standard InChI is InChI=1S/C42H64N2/c1-5-9-13-15-17-18-20-22-24-27-38-28-25-29-40(36-38)44-42(31-12-8-4)41(30-11-7-3)43-39-34-32-37(33-35-39)26-23-21-19-16-14-10-6-2/h25,28-29,32-36H,5-15,17-18,20-24,26-27,30-31H2,1-4H3. The van der Waals surface area contributed by atoms with Crippen LogP contribution in [0, 0.1) is 11.8 Å². The van der Waals surface area contributed by atoms with Gasteiger partial charge >= 0.3 is 0 Å². The van der Waals surface area contributed by atoms with E-state index in [1.54, 1.807) is 0 Å². The molecule has 2 nitrogen and oxygen atoms in total. The summed E-state index contributed by atoms with van der Waals surface area (Å²) in [5, 5.41) is 0. The maximum Gasteiger partial charge on any atom is 0.0636 e. The maximum atomic E-state index is 5.27. The number of aryl methyl sites for hydroxylation is 2. The van der Waals surface area contributed by atoms with Crippen molar-refractivity contribution in [3.8, 4) is 11.8 Å². The summed E-state index contributed by atoms with van der Waals surface area (Å²) in [7, 11) is 0. The number of benzene rings is 2. The fourth-order valence-electron chi connectivity index (χ4n) is 5.51. The average Bonchev–Trinajstić information content (AvgIpc) is 3.04. The molecule has 242 valence electrons. The molecule has 0 aliphatic carbocycles. The molecule has 0 atom stereocenters. The van der Waals surface area contributed by atoms with Gasteiger partial charge in [-0.1, -0.05) is 123 Å². The van der Waals surface area contributed by atoms with E-state index in [-0.39, 0.29) is 0 Å². The van der Waals surface area contributed by atoms with E-state index in [1.165, 1.54) is 93.2 Å². The average molecular weight is 597 g/mol. The quantitative estimate of drug-likeness (QED) is 0.0654. The van der Waals surface area contributed by atoms with Gasteiger partial charge in [0, 0.05) is 12.8 Å². The van der Waals surface area contributed by atoms with Gasteiger partial charge in [-0.15, -0.1) is 11.8 Å². The molecule has 0 aliphatic rings. The van der Waals surface area contributed by atoms with Gasteiger partial charge in [0.2, 0.25) is 0 Å². The topological polar surface area (TPSA) is 24.7 Å². The smallest absolute Gasteiger partial charge is 0.0636 e. The van der Waals surface area contributed by atoms with E-state index < -0.39 is 0 Å². The fourth-order valence-corrected chi connectivity index (χ4v) is 5.51. The third-order valence-corrected chi connectivity index (χ3v) is 8.36. The normalized spacial score (nSPS) is 11.9. The number of aliphatic imine (C=N–C) groups is 2. The van der Waals surface area contributed by atoms with Crippen molar-refractivity contribution >= 4 is 22.8 Å². The Hall–Kier alpha value is -2.66. The lowest BCUT2D eigenvalue weighted by atomic mass is 10.0. The first-order valence-corrected chi connectivity index (χ1v) is 18.5. The zero-order valence-corrected chi connectivity index (χ0v) is 29.1. The lowest BCUT2D eigenvalue weighted by molar-refractivity contribution is 0.565. The molecule has 2 aromatic rings. The molecule has 0 saturated heterocycles. The van der Waals surface area contributed by atoms with Crippen LogP contribution in [0.5, 0.6) is 0 Å². The van der Waals surface area contributed by atoms with E-state index in [1.807, 2.05) is 0 Å². The van der Waals surface area contributed by atoms with E-state index in [0.29, 0.717) is 0 Å². The lowest BCUT2D eigenvalue weighted by Gasteiger charge is -2.12. The monoisotopic (exact) mass is 597 g/mol. The van der Waals surface area contributed by atoms with Crippen LogP contribution in [0.4, 0.5) is 11.4 Å². The Morgan fingerprint density at radius 3 is 1.61 bits per heavy atom. The second-order valence-electron chi connectivity index (χ2n) is 12.5. The largest absolute Gasteiger partial charge is 0.252 e. The zero-order chi connectivity index (χ0) is 31.5. The first-order chi connectivity index (χ1) is 21.7. The molecule has 0 unspecified atom stereocenters. The van der Waals surface area contributed by atoms with Crippen LogP contribution in [0.25, 0.3) is 0 Å². The third kappa shape index (κ3) is 17.6. The van der Waals surface area contributed by atoms with Gasteiger partial charge < -0.3 is 0 Å². The van der Waals surface area contributed by atoms with Crippen LogP contribution in [0.1, 0.15) is 167 Å². The first-order valence-electron chi connectivity index (χ1n) is 18.5. The molecule has 0 bridgehead atoms. The van der Waals surface area contributed by atoms with Crippen LogP contribution in [-0.4, -0.2) is 11.4 Å². The second-order valence-corrected chi connectivity index (χ2v) is 12.5. The van der Waals surface area contributed by atoms with Gasteiger partial charge in [-0.3, -0.25) is 9.98 Å². The van der Waals surface area contributed by atoms with Crippen LogP contribution in [0.2, 0.25) is 0 Å². The molecule has 0 aromatic heterocycles. The van der Waals surface area contributed by atoms with E-state index in [2.05, 4.69) is 88.1 Å². The van der Waals surface area contributed by atoms with Crippen molar-refractivity contribution in [2.24, 2.45) is 9.98 Å². The predicted octanol–water partition coefficient (Wildman–Crippen LogP) is 13.5. The molecule has 44 heavy (non-hydrogen) atoms. The second kappa shape index (κ2) is 25.6. The van der Waals surface area contributed by atoms with E-state index >= 15 is 0 Å². The molecule has 0 heterocycles. The molecular weight excluding hydrogens is 532 g/mol. The van der Waals surface area contributed by atoms with E-state index in [9.17, 15) is 0 Å². The van der Waals surface area contributed by atoms with Crippen molar-refractivity contribution in [3.05, 3.63) is 59.7 Å². The summed E-state index contributed by atoms with van der Waals surface area (Å²) in [5.74, 6) is 6.65. The summed E-state index contributed by atoms with van der Waals surface area (Å²) in [6.45, 7) is 9.04. The SMILES string of the molecule is CCCCC#CCCCc1ccc(N=C(CCCC)C(CCCC)=Nc2cccc(CCCCCCCCCCC)c2)cc1. The van der Waals surface area contributed by atoms with Crippen molar-refractivity contribution in [2.45, 2.75) is 169 Å². The van der Waals surface area contributed by atoms with Crippen molar-refractivity contribution in [3.63, 3.8) is 0 Å². The Morgan fingerprint density at radius 2 is 1.00 bits per heavy atom. The van der Waals surface area contributed by atoms with Crippen LogP contribution in [0.3, 0.4) is 0 Å². The minimum atomic E-state index is 0.982. The Morgan fingerprint density at radius 1 is 0.477 bits per heavy atom. The molecule has 0 aliphatic heterocycles. The van der Waals surface area contributed by atoms with Crippen LogP contribution < -0.4 is 0 Å². The summed E-state index contributed by atoms with van der Waals surface area (Å²) in [4.78, 5) is 10.5. The molecule has 2 aromatic carbocycles. The Kier molecular flexibility index (Phi) is 21.9. The van der Waals surface area contributed by atoms with Crippen LogP contribution in [-0.2, 0) is 12.8 Å². The summed E-state index contributed by atoms with van der Waals surface area (Å²) in [6.07, 6.45) is 26.7. The van der Waals surface area contributed by atoms with Gasteiger partial charge in [0.15, 0.2) is 0 Å². The molecule has 0 N–H and O–H groups in total. The van der Waals surface area contributed by atoms with Crippen molar-refractivity contribution in [2.75, 3.05) is 0 Å². The number of hydrogen-bond acceptors (Lipinski definition) is 2. The first kappa shape index (κ1) is 37.5. The number of unbranched alkanes of at least 4 members (excludes halogenated alkanes) is 13. The number of nitrogens with zero attached hydrogens (tertiary/aromatic N) is 2. The molecule has 0 radical (unpaired) electrons. The Balaban J connectivity index is 2.05. The summed E-state index contributed by atoms with van der Waals surface area (Å²) < 4.78 is 0. The molecule has 0 fully saturated rings. The minimum Gasteiger partial charge on any atom is -0.252 e. The lowest BCUT2D eigenvalue weighted by Crippen LogP contribution is -2.14. The predicted molar refractivity (Wildman–Crippen MR) is 197 cm³/mol. The summed E-state index contributed by atoms with van der Waals surface area (Å²) in [5.41, 5.74) is 7.26. The highest BCUT2D eigenvalue weighted by Gasteiger charge is 2.11. The minimum absolute atomic E-state index is 0.982. The highest BCUT2D eigenvalue weighted by atomic mass is 14.8. The highest BCUT2D eigenvalue weighted by molar-refractivity contribution is 6.43. The van der Waals surface area contributed by atoms with Gasteiger partial charge in [-0.25, -0.2) is 0 Å². The molecule has 2 heteroatoms. The molecule has 2 rings (SSSR count). The maximum absolute atomic E-state index is 5.27. The van der Waals surface area contributed by atoms with Crippen molar-refractivity contribution in [1.82, 2.24) is 0 Å². The molecule has 0 saturated carbocycles. The van der Waals surface area contributed by atoms with Gasteiger partial charge in [0.25, 0.3) is 0 Å². The molecular formula is C42H64N2. The van der Waals surface area contributed by atoms with Crippen LogP contribution >= 0.6 is 0 Å². The number of rotatable bonds is 24. The highest BCUT2D eigenvalue weighted by Crippen LogP contribution is 2.22. The van der Waals surface area contributed by atoms with Crippen molar-refractivity contribution < 1.29 is 0 Å². The summed E-state index contributed by atoms with van der Waals surface area (Å²) >= 11 is 0. The fraction of sp³-hybridized carbons (Fsp3) is 0.619. The van der Waals surface area contributed by atoms with E-state index in [4.69, 9.17) is 9.98 Å². The molecule has 0 amide bonds. The molecule has 0 spiro atoms.